The van der Waals surface area contributed by atoms with Crippen LogP contribution in [0.15, 0.2) is 24.3 Å². The Labute approximate surface area is 115 Å². The van der Waals surface area contributed by atoms with Gasteiger partial charge in [-0.25, -0.2) is 8.78 Å². The third kappa shape index (κ3) is 4.77. The monoisotopic (exact) mass is 266 g/mol. The van der Waals surface area contributed by atoms with Gasteiger partial charge in [0.05, 0.1) is 0 Å². The maximum absolute atomic E-state index is 13.7. The van der Waals surface area contributed by atoms with Crippen LogP contribution >= 0.6 is 0 Å². The number of allylic oxidation sites excluding steroid dienone is 2. The van der Waals surface area contributed by atoms with Crippen LogP contribution in [0.1, 0.15) is 50.7 Å². The largest absolute Gasteiger partial charge is 0.203 e. The van der Waals surface area contributed by atoms with Crippen molar-refractivity contribution in [3.05, 3.63) is 47.0 Å². The molecule has 1 atom stereocenters. The molecule has 0 amide bonds. The summed E-state index contributed by atoms with van der Waals surface area (Å²) >= 11 is 0. The molecule has 0 aliphatic heterocycles. The summed E-state index contributed by atoms with van der Waals surface area (Å²) in [5, 5.41) is 0. The molecule has 19 heavy (non-hydrogen) atoms. The number of halogens is 2. The Morgan fingerprint density at radius 3 is 2.53 bits per heavy atom. The summed E-state index contributed by atoms with van der Waals surface area (Å²) in [5.41, 5.74) is 0.873. The number of hydrogen-bond donors (Lipinski definition) is 0. The maximum atomic E-state index is 13.7. The molecule has 0 spiro atoms. The van der Waals surface area contributed by atoms with Gasteiger partial charge in [0.1, 0.15) is 0 Å². The van der Waals surface area contributed by atoms with Crippen molar-refractivity contribution in [2.45, 2.75) is 52.9 Å². The van der Waals surface area contributed by atoms with Gasteiger partial charge in [-0.1, -0.05) is 37.6 Å². The standard InChI is InChI=1S/C17H24F2/c1-4-7-14(8-5-2)9-6-10-15-12-11-13(3)16(18)17(15)19/h4,7,11-12,14H,5-6,8-10H2,1-3H3. The number of hydrogen-bond acceptors (Lipinski definition) is 0. The molecule has 1 aromatic rings. The summed E-state index contributed by atoms with van der Waals surface area (Å²) in [5.74, 6) is -0.803. The summed E-state index contributed by atoms with van der Waals surface area (Å²) in [6.45, 7) is 5.79. The molecule has 106 valence electrons. The van der Waals surface area contributed by atoms with Gasteiger partial charge in [-0.3, -0.25) is 0 Å². The van der Waals surface area contributed by atoms with Crippen molar-refractivity contribution in [1.29, 1.82) is 0 Å². The second kappa shape index (κ2) is 8.08. The van der Waals surface area contributed by atoms with Gasteiger partial charge in [-0.15, -0.1) is 0 Å². The lowest BCUT2D eigenvalue weighted by Crippen LogP contribution is -2.00. The van der Waals surface area contributed by atoms with E-state index in [0.717, 1.165) is 25.7 Å². The Hall–Kier alpha value is -1.18. The van der Waals surface area contributed by atoms with Crippen molar-refractivity contribution in [2.75, 3.05) is 0 Å². The summed E-state index contributed by atoms with van der Waals surface area (Å²) in [7, 11) is 0. The van der Waals surface area contributed by atoms with E-state index in [2.05, 4.69) is 19.1 Å². The van der Waals surface area contributed by atoms with Crippen LogP contribution in [0.5, 0.6) is 0 Å². The highest BCUT2D eigenvalue weighted by Crippen LogP contribution is 2.20. The number of aryl methyl sites for hydroxylation is 2. The molecule has 0 fully saturated rings. The highest BCUT2D eigenvalue weighted by molar-refractivity contribution is 5.25. The molecular formula is C17H24F2. The van der Waals surface area contributed by atoms with Crippen LogP contribution in [0.25, 0.3) is 0 Å². The van der Waals surface area contributed by atoms with E-state index >= 15 is 0 Å². The molecule has 0 saturated carbocycles. The number of benzene rings is 1. The minimum absolute atomic E-state index is 0.374. The fourth-order valence-electron chi connectivity index (χ4n) is 2.41. The van der Waals surface area contributed by atoms with E-state index in [1.54, 1.807) is 19.1 Å². The van der Waals surface area contributed by atoms with E-state index in [0.29, 0.717) is 23.5 Å². The summed E-state index contributed by atoms with van der Waals surface area (Å²) in [6.07, 6.45) is 9.15. The average molecular weight is 266 g/mol. The summed E-state index contributed by atoms with van der Waals surface area (Å²) < 4.78 is 27.1. The van der Waals surface area contributed by atoms with Gasteiger partial charge in [0.15, 0.2) is 11.6 Å². The fraction of sp³-hybridized carbons (Fsp3) is 0.529. The highest BCUT2D eigenvalue weighted by atomic mass is 19.2. The molecular weight excluding hydrogens is 242 g/mol. The first-order valence-corrected chi connectivity index (χ1v) is 7.16. The van der Waals surface area contributed by atoms with Gasteiger partial charge in [-0.2, -0.15) is 0 Å². The third-order valence-corrected chi connectivity index (χ3v) is 3.50. The molecule has 0 aromatic heterocycles. The first-order valence-electron chi connectivity index (χ1n) is 7.16. The van der Waals surface area contributed by atoms with Gasteiger partial charge in [0.25, 0.3) is 0 Å². The molecule has 0 radical (unpaired) electrons. The van der Waals surface area contributed by atoms with Gasteiger partial charge in [0, 0.05) is 0 Å². The van der Waals surface area contributed by atoms with Crippen molar-refractivity contribution < 1.29 is 8.78 Å². The molecule has 0 aliphatic carbocycles. The zero-order valence-corrected chi connectivity index (χ0v) is 12.2. The lowest BCUT2D eigenvalue weighted by Gasteiger charge is -2.12. The molecule has 0 N–H and O–H groups in total. The number of rotatable bonds is 7. The van der Waals surface area contributed by atoms with Crippen molar-refractivity contribution in [1.82, 2.24) is 0 Å². The van der Waals surface area contributed by atoms with Crippen LogP contribution in [-0.4, -0.2) is 0 Å². The Balaban J connectivity index is 2.55. The van der Waals surface area contributed by atoms with E-state index < -0.39 is 11.6 Å². The molecule has 0 nitrogen and oxygen atoms in total. The predicted molar refractivity (Wildman–Crippen MR) is 77.2 cm³/mol. The van der Waals surface area contributed by atoms with E-state index in [1.165, 1.54) is 0 Å². The van der Waals surface area contributed by atoms with Crippen LogP contribution in [0.2, 0.25) is 0 Å². The molecule has 0 heterocycles. The van der Waals surface area contributed by atoms with E-state index in [-0.39, 0.29) is 0 Å². The zero-order chi connectivity index (χ0) is 14.3. The first-order chi connectivity index (χ1) is 9.10. The molecule has 0 saturated heterocycles. The van der Waals surface area contributed by atoms with Gasteiger partial charge in [0.2, 0.25) is 0 Å². The lowest BCUT2D eigenvalue weighted by atomic mass is 9.95. The Bertz CT molecular complexity index is 422. The SMILES string of the molecule is CC=CC(CCC)CCCc1ccc(C)c(F)c1F. The lowest BCUT2D eigenvalue weighted by molar-refractivity contribution is 0.481. The Kier molecular flexibility index (Phi) is 6.75. The third-order valence-electron chi connectivity index (χ3n) is 3.50. The second-order valence-corrected chi connectivity index (χ2v) is 5.14. The van der Waals surface area contributed by atoms with Crippen molar-refractivity contribution in [3.8, 4) is 0 Å². The molecule has 1 rings (SSSR count). The van der Waals surface area contributed by atoms with E-state index in [4.69, 9.17) is 0 Å². The smallest absolute Gasteiger partial charge is 0.162 e. The quantitative estimate of drug-likeness (QED) is 0.564. The summed E-state index contributed by atoms with van der Waals surface area (Å²) in [6, 6.07) is 3.36. The molecule has 0 aliphatic rings. The van der Waals surface area contributed by atoms with Gasteiger partial charge >= 0.3 is 0 Å². The topological polar surface area (TPSA) is 0 Å². The minimum Gasteiger partial charge on any atom is -0.203 e. The zero-order valence-electron chi connectivity index (χ0n) is 12.2. The highest BCUT2D eigenvalue weighted by Gasteiger charge is 2.11. The molecule has 1 aromatic carbocycles. The average Bonchev–Trinajstić information content (AvgIpc) is 2.39. The Morgan fingerprint density at radius 1 is 1.16 bits per heavy atom. The molecule has 1 unspecified atom stereocenters. The van der Waals surface area contributed by atoms with E-state index in [9.17, 15) is 8.78 Å². The second-order valence-electron chi connectivity index (χ2n) is 5.14. The van der Waals surface area contributed by atoms with Crippen LogP contribution in [0.4, 0.5) is 8.78 Å². The minimum atomic E-state index is -0.698. The molecule has 2 heteroatoms. The van der Waals surface area contributed by atoms with E-state index in [1.807, 2.05) is 6.92 Å². The fourth-order valence-corrected chi connectivity index (χ4v) is 2.41. The van der Waals surface area contributed by atoms with Gasteiger partial charge in [-0.05, 0) is 56.6 Å². The first kappa shape index (κ1) is 15.9. The molecule has 0 bridgehead atoms. The van der Waals surface area contributed by atoms with Crippen LogP contribution < -0.4 is 0 Å². The summed E-state index contributed by atoms with van der Waals surface area (Å²) in [4.78, 5) is 0. The van der Waals surface area contributed by atoms with Gasteiger partial charge < -0.3 is 0 Å². The van der Waals surface area contributed by atoms with Crippen molar-refractivity contribution in [3.63, 3.8) is 0 Å². The van der Waals surface area contributed by atoms with Crippen molar-refractivity contribution in [2.24, 2.45) is 5.92 Å². The van der Waals surface area contributed by atoms with Crippen molar-refractivity contribution >= 4 is 0 Å². The van der Waals surface area contributed by atoms with Crippen LogP contribution in [-0.2, 0) is 6.42 Å². The van der Waals surface area contributed by atoms with Crippen LogP contribution in [0, 0.1) is 24.5 Å². The maximum Gasteiger partial charge on any atom is 0.162 e. The van der Waals surface area contributed by atoms with Crippen LogP contribution in [0.3, 0.4) is 0 Å². The Morgan fingerprint density at radius 2 is 1.89 bits per heavy atom. The predicted octanol–water partition coefficient (Wildman–Crippen LogP) is 5.59. The normalized spacial score (nSPS) is 13.1.